The van der Waals surface area contributed by atoms with Gasteiger partial charge in [0.1, 0.15) is 11.5 Å². The van der Waals surface area contributed by atoms with Gasteiger partial charge < -0.3 is 20.1 Å². The van der Waals surface area contributed by atoms with Gasteiger partial charge in [-0.05, 0) is 23.8 Å². The lowest BCUT2D eigenvalue weighted by molar-refractivity contribution is -0.129. The van der Waals surface area contributed by atoms with Crippen molar-refractivity contribution in [1.82, 2.24) is 4.90 Å². The van der Waals surface area contributed by atoms with E-state index >= 15 is 0 Å². The molecule has 25 heavy (non-hydrogen) atoms. The van der Waals surface area contributed by atoms with Crippen LogP contribution in [-0.2, 0) is 11.2 Å². The van der Waals surface area contributed by atoms with E-state index in [0.717, 1.165) is 5.56 Å². The third kappa shape index (κ3) is 3.77. The van der Waals surface area contributed by atoms with E-state index in [2.05, 4.69) is 12.1 Å². The summed E-state index contributed by atoms with van der Waals surface area (Å²) < 4.78 is 10.6. The van der Waals surface area contributed by atoms with Gasteiger partial charge in [0.15, 0.2) is 0 Å². The van der Waals surface area contributed by atoms with Gasteiger partial charge in [0.2, 0.25) is 5.91 Å². The third-order valence-corrected chi connectivity index (χ3v) is 4.77. The zero-order valence-corrected chi connectivity index (χ0v) is 14.6. The molecule has 1 saturated heterocycles. The number of nitrogens with two attached hydrogens (primary N) is 1. The number of hydrogen-bond acceptors (Lipinski definition) is 4. The Labute approximate surface area is 148 Å². The molecule has 0 radical (unpaired) electrons. The highest BCUT2D eigenvalue weighted by molar-refractivity contribution is 5.80. The Morgan fingerprint density at radius 3 is 2.56 bits per heavy atom. The molecule has 0 bridgehead atoms. The number of rotatable bonds is 5. The molecular formula is C20H24N2O3. The second-order valence-corrected chi connectivity index (χ2v) is 6.33. The summed E-state index contributed by atoms with van der Waals surface area (Å²) in [4.78, 5) is 14.6. The van der Waals surface area contributed by atoms with Crippen LogP contribution in [0.5, 0.6) is 11.5 Å². The average molecular weight is 340 g/mol. The van der Waals surface area contributed by atoms with Gasteiger partial charge in [-0.1, -0.05) is 30.3 Å². The SMILES string of the molecule is COc1ccc(OC)c(CC(=O)N2C[C@@H](N)[C@H](c3ccccc3)C2)c1. The highest BCUT2D eigenvalue weighted by atomic mass is 16.5. The van der Waals surface area contributed by atoms with Crippen molar-refractivity contribution in [1.29, 1.82) is 0 Å². The number of carbonyl (C=O) groups is 1. The van der Waals surface area contributed by atoms with E-state index in [1.54, 1.807) is 14.2 Å². The molecule has 132 valence electrons. The Morgan fingerprint density at radius 1 is 1.12 bits per heavy atom. The standard InChI is InChI=1S/C20H24N2O3/c1-24-16-8-9-19(25-2)15(10-16)11-20(23)22-12-17(18(21)13-22)14-6-4-3-5-7-14/h3-10,17-18H,11-13,21H2,1-2H3/t17-,18+/m0/s1. The topological polar surface area (TPSA) is 64.8 Å². The predicted molar refractivity (Wildman–Crippen MR) is 97.0 cm³/mol. The predicted octanol–water partition coefficient (Wildman–Crippen LogP) is 2.20. The number of ether oxygens (including phenoxy) is 2. The molecule has 0 aromatic heterocycles. The molecule has 2 aromatic carbocycles. The maximum absolute atomic E-state index is 12.8. The van der Waals surface area contributed by atoms with Gasteiger partial charge in [0.05, 0.1) is 20.6 Å². The fourth-order valence-corrected chi connectivity index (χ4v) is 3.38. The Kier molecular flexibility index (Phi) is 5.24. The normalized spacial score (nSPS) is 19.7. The second-order valence-electron chi connectivity index (χ2n) is 6.33. The van der Waals surface area contributed by atoms with Crippen molar-refractivity contribution >= 4 is 5.91 Å². The quantitative estimate of drug-likeness (QED) is 0.906. The van der Waals surface area contributed by atoms with Crippen molar-refractivity contribution in [3.8, 4) is 11.5 Å². The first-order valence-electron chi connectivity index (χ1n) is 8.41. The van der Waals surface area contributed by atoms with Crippen LogP contribution in [-0.4, -0.2) is 44.2 Å². The summed E-state index contributed by atoms with van der Waals surface area (Å²) in [5, 5.41) is 0. The van der Waals surface area contributed by atoms with Gasteiger partial charge in [-0.2, -0.15) is 0 Å². The van der Waals surface area contributed by atoms with Gasteiger partial charge in [0, 0.05) is 30.6 Å². The van der Waals surface area contributed by atoms with Gasteiger partial charge in [-0.15, -0.1) is 0 Å². The fourth-order valence-electron chi connectivity index (χ4n) is 3.38. The second kappa shape index (κ2) is 7.57. The molecule has 1 amide bonds. The maximum atomic E-state index is 12.8. The van der Waals surface area contributed by atoms with Crippen LogP contribution in [0.25, 0.3) is 0 Å². The number of amides is 1. The van der Waals surface area contributed by atoms with Gasteiger partial charge >= 0.3 is 0 Å². The lowest BCUT2D eigenvalue weighted by Gasteiger charge is -2.18. The molecule has 1 fully saturated rings. The third-order valence-electron chi connectivity index (χ3n) is 4.77. The zero-order valence-electron chi connectivity index (χ0n) is 14.6. The first-order chi connectivity index (χ1) is 12.1. The summed E-state index contributed by atoms with van der Waals surface area (Å²) in [6.07, 6.45) is 0.272. The number of benzene rings is 2. The molecule has 3 rings (SSSR count). The Morgan fingerprint density at radius 2 is 1.88 bits per heavy atom. The molecule has 1 aliphatic rings. The van der Waals surface area contributed by atoms with Crippen LogP contribution in [0.3, 0.4) is 0 Å². The fraction of sp³-hybridized carbons (Fsp3) is 0.350. The van der Waals surface area contributed by atoms with Crippen molar-refractivity contribution in [2.24, 2.45) is 5.73 Å². The van der Waals surface area contributed by atoms with Crippen molar-refractivity contribution in [3.05, 3.63) is 59.7 Å². The molecule has 0 unspecified atom stereocenters. The summed E-state index contributed by atoms with van der Waals surface area (Å²) in [5.74, 6) is 1.64. The molecule has 2 N–H and O–H groups in total. The molecule has 0 saturated carbocycles. The molecular weight excluding hydrogens is 316 g/mol. The van der Waals surface area contributed by atoms with Crippen LogP contribution in [0.2, 0.25) is 0 Å². The summed E-state index contributed by atoms with van der Waals surface area (Å²) >= 11 is 0. The minimum absolute atomic E-state index is 0.0430. The monoisotopic (exact) mass is 340 g/mol. The summed E-state index contributed by atoms with van der Waals surface area (Å²) in [5.41, 5.74) is 8.30. The summed E-state index contributed by atoms with van der Waals surface area (Å²) in [7, 11) is 3.21. The van der Waals surface area contributed by atoms with E-state index < -0.39 is 0 Å². The average Bonchev–Trinajstić information content (AvgIpc) is 3.04. The smallest absolute Gasteiger partial charge is 0.227 e. The molecule has 5 heteroatoms. The van der Waals surface area contributed by atoms with Crippen LogP contribution >= 0.6 is 0 Å². The number of nitrogens with zero attached hydrogens (tertiary/aromatic N) is 1. The Bertz CT molecular complexity index is 733. The van der Waals surface area contributed by atoms with Gasteiger partial charge in [0.25, 0.3) is 0 Å². The molecule has 5 nitrogen and oxygen atoms in total. The first kappa shape index (κ1) is 17.3. The van der Waals surface area contributed by atoms with E-state index in [-0.39, 0.29) is 24.3 Å². The number of likely N-dealkylation sites (tertiary alicyclic amines) is 1. The van der Waals surface area contributed by atoms with Crippen molar-refractivity contribution in [2.75, 3.05) is 27.3 Å². The molecule has 0 spiro atoms. The van der Waals surface area contributed by atoms with Crippen LogP contribution < -0.4 is 15.2 Å². The Balaban J connectivity index is 1.72. The molecule has 2 aromatic rings. The molecule has 1 heterocycles. The van der Waals surface area contributed by atoms with E-state index in [4.69, 9.17) is 15.2 Å². The minimum Gasteiger partial charge on any atom is -0.497 e. The first-order valence-corrected chi connectivity index (χ1v) is 8.41. The van der Waals surface area contributed by atoms with Crippen molar-refractivity contribution in [2.45, 2.75) is 18.4 Å². The molecule has 1 aliphatic heterocycles. The van der Waals surface area contributed by atoms with E-state index in [1.807, 2.05) is 41.3 Å². The van der Waals surface area contributed by atoms with E-state index in [0.29, 0.717) is 24.6 Å². The van der Waals surface area contributed by atoms with Gasteiger partial charge in [-0.25, -0.2) is 0 Å². The minimum atomic E-state index is -0.0430. The number of methoxy groups -OCH3 is 2. The largest absolute Gasteiger partial charge is 0.497 e. The lowest BCUT2D eigenvalue weighted by Crippen LogP contribution is -2.33. The lowest BCUT2D eigenvalue weighted by atomic mass is 9.95. The highest BCUT2D eigenvalue weighted by Gasteiger charge is 2.33. The maximum Gasteiger partial charge on any atom is 0.227 e. The highest BCUT2D eigenvalue weighted by Crippen LogP contribution is 2.29. The van der Waals surface area contributed by atoms with Crippen molar-refractivity contribution in [3.63, 3.8) is 0 Å². The van der Waals surface area contributed by atoms with Crippen LogP contribution in [0.4, 0.5) is 0 Å². The number of hydrogen-bond donors (Lipinski definition) is 1. The summed E-state index contributed by atoms with van der Waals surface area (Å²) in [6.45, 7) is 1.22. The molecule has 0 aliphatic carbocycles. The van der Waals surface area contributed by atoms with Crippen LogP contribution in [0.1, 0.15) is 17.0 Å². The number of carbonyl (C=O) groups excluding carboxylic acids is 1. The summed E-state index contributed by atoms with van der Waals surface area (Å²) in [6, 6.07) is 15.6. The molecule has 2 atom stereocenters. The zero-order chi connectivity index (χ0) is 17.8. The van der Waals surface area contributed by atoms with Crippen molar-refractivity contribution < 1.29 is 14.3 Å². The van der Waals surface area contributed by atoms with E-state index in [9.17, 15) is 4.79 Å². The van der Waals surface area contributed by atoms with Crippen LogP contribution in [0.15, 0.2) is 48.5 Å². The van der Waals surface area contributed by atoms with E-state index in [1.165, 1.54) is 5.56 Å². The van der Waals surface area contributed by atoms with Gasteiger partial charge in [-0.3, -0.25) is 4.79 Å². The Hall–Kier alpha value is -2.53. The van der Waals surface area contributed by atoms with Crippen LogP contribution in [0, 0.1) is 0 Å².